The molecule has 3 heteroatoms. The van der Waals surface area contributed by atoms with E-state index in [1.807, 2.05) is 56.0 Å². The van der Waals surface area contributed by atoms with Crippen LogP contribution in [0.1, 0.15) is 43.5 Å². The zero-order chi connectivity index (χ0) is 16.6. The summed E-state index contributed by atoms with van der Waals surface area (Å²) < 4.78 is 5.66. The summed E-state index contributed by atoms with van der Waals surface area (Å²) in [5, 5.41) is 0. The molecule has 0 bridgehead atoms. The Morgan fingerprint density at radius 1 is 1.09 bits per heavy atom. The quantitative estimate of drug-likeness (QED) is 0.739. The average Bonchev–Trinajstić information content (AvgIpc) is 2.85. The van der Waals surface area contributed by atoms with E-state index in [1.165, 1.54) is 16.7 Å². The van der Waals surface area contributed by atoms with E-state index < -0.39 is 5.60 Å². The third kappa shape index (κ3) is 3.09. The molecule has 0 radical (unpaired) electrons. The molecule has 3 nitrogen and oxygen atoms in total. The van der Waals surface area contributed by atoms with Crippen molar-refractivity contribution in [2.24, 2.45) is 0 Å². The SMILES string of the molecule is Cc1ccccc1C1Cc2ccccc2N1C(=O)OC(C)(C)C. The first-order valence-corrected chi connectivity index (χ1v) is 8.02. The Bertz CT molecular complexity index is 730. The lowest BCUT2D eigenvalue weighted by molar-refractivity contribution is 0.0569. The fraction of sp³-hybridized carbons (Fsp3) is 0.350. The minimum Gasteiger partial charge on any atom is -0.443 e. The van der Waals surface area contributed by atoms with E-state index in [-0.39, 0.29) is 12.1 Å². The molecule has 1 aliphatic heterocycles. The molecule has 0 aromatic heterocycles. The molecule has 0 saturated heterocycles. The number of anilines is 1. The topological polar surface area (TPSA) is 29.5 Å². The monoisotopic (exact) mass is 309 g/mol. The summed E-state index contributed by atoms with van der Waals surface area (Å²) in [6.45, 7) is 7.78. The van der Waals surface area contributed by atoms with Crippen molar-refractivity contribution >= 4 is 11.8 Å². The van der Waals surface area contributed by atoms with Crippen LogP contribution < -0.4 is 4.90 Å². The second-order valence-electron chi connectivity index (χ2n) is 7.06. The van der Waals surface area contributed by atoms with Gasteiger partial charge in [0.25, 0.3) is 0 Å². The number of carbonyl (C=O) groups excluding carboxylic acids is 1. The lowest BCUT2D eigenvalue weighted by Crippen LogP contribution is -2.37. The van der Waals surface area contributed by atoms with Gasteiger partial charge in [0.2, 0.25) is 0 Å². The smallest absolute Gasteiger partial charge is 0.415 e. The van der Waals surface area contributed by atoms with Gasteiger partial charge in [0.05, 0.1) is 11.7 Å². The maximum atomic E-state index is 12.8. The Morgan fingerprint density at radius 3 is 2.43 bits per heavy atom. The predicted octanol–water partition coefficient (Wildman–Crippen LogP) is 5.03. The first-order valence-electron chi connectivity index (χ1n) is 8.02. The van der Waals surface area contributed by atoms with Crippen LogP contribution in [0.5, 0.6) is 0 Å². The van der Waals surface area contributed by atoms with Gasteiger partial charge in [0, 0.05) is 0 Å². The van der Waals surface area contributed by atoms with Crippen LogP contribution in [0.2, 0.25) is 0 Å². The average molecular weight is 309 g/mol. The van der Waals surface area contributed by atoms with Crippen molar-refractivity contribution in [3.8, 4) is 0 Å². The molecule has 120 valence electrons. The maximum Gasteiger partial charge on any atom is 0.415 e. The largest absolute Gasteiger partial charge is 0.443 e. The van der Waals surface area contributed by atoms with Crippen LogP contribution in [-0.4, -0.2) is 11.7 Å². The number of para-hydroxylation sites is 1. The van der Waals surface area contributed by atoms with E-state index in [0.717, 1.165) is 12.1 Å². The van der Waals surface area contributed by atoms with Crippen LogP contribution >= 0.6 is 0 Å². The number of hydrogen-bond donors (Lipinski definition) is 0. The molecule has 2 aromatic carbocycles. The Kier molecular flexibility index (Phi) is 3.88. The molecule has 1 amide bonds. The van der Waals surface area contributed by atoms with Crippen molar-refractivity contribution in [2.75, 3.05) is 4.90 Å². The molecular weight excluding hydrogens is 286 g/mol. The first kappa shape index (κ1) is 15.6. The molecule has 0 spiro atoms. The second kappa shape index (κ2) is 5.73. The molecule has 1 aliphatic rings. The van der Waals surface area contributed by atoms with Crippen LogP contribution in [0, 0.1) is 6.92 Å². The molecule has 3 rings (SSSR count). The summed E-state index contributed by atoms with van der Waals surface area (Å²) in [5.74, 6) is 0. The number of carbonyl (C=O) groups is 1. The number of fused-ring (bicyclic) bond motifs is 1. The van der Waals surface area contributed by atoms with Gasteiger partial charge in [-0.1, -0.05) is 42.5 Å². The minimum absolute atomic E-state index is 0.0107. The van der Waals surface area contributed by atoms with Crippen LogP contribution in [0.3, 0.4) is 0 Å². The van der Waals surface area contributed by atoms with Crippen molar-refractivity contribution in [1.29, 1.82) is 0 Å². The third-order valence-electron chi connectivity index (χ3n) is 4.11. The number of benzene rings is 2. The lowest BCUT2D eigenvalue weighted by Gasteiger charge is -2.30. The highest BCUT2D eigenvalue weighted by Crippen LogP contribution is 2.41. The van der Waals surface area contributed by atoms with Crippen LogP contribution in [0.4, 0.5) is 10.5 Å². The molecule has 1 atom stereocenters. The Hall–Kier alpha value is -2.29. The van der Waals surface area contributed by atoms with Gasteiger partial charge in [0.15, 0.2) is 0 Å². The standard InChI is InChI=1S/C20H23NO2/c1-14-9-5-7-11-16(14)18-13-15-10-6-8-12-17(15)21(18)19(22)23-20(2,3)4/h5-12,18H,13H2,1-4H3. The van der Waals surface area contributed by atoms with E-state index in [1.54, 1.807) is 0 Å². The molecule has 2 aromatic rings. The lowest BCUT2D eigenvalue weighted by atomic mass is 9.98. The molecular formula is C20H23NO2. The van der Waals surface area contributed by atoms with Crippen molar-refractivity contribution < 1.29 is 9.53 Å². The number of rotatable bonds is 1. The van der Waals surface area contributed by atoms with Gasteiger partial charge in [-0.05, 0) is 56.9 Å². The van der Waals surface area contributed by atoms with E-state index in [4.69, 9.17) is 4.74 Å². The maximum absolute atomic E-state index is 12.8. The fourth-order valence-electron chi connectivity index (χ4n) is 3.13. The highest BCUT2D eigenvalue weighted by molar-refractivity contribution is 5.91. The summed E-state index contributed by atoms with van der Waals surface area (Å²) in [5.41, 5.74) is 4.00. The Labute approximate surface area is 137 Å². The van der Waals surface area contributed by atoms with Crippen molar-refractivity contribution in [3.63, 3.8) is 0 Å². The molecule has 1 heterocycles. The van der Waals surface area contributed by atoms with Gasteiger partial charge in [-0.2, -0.15) is 0 Å². The summed E-state index contributed by atoms with van der Waals surface area (Å²) >= 11 is 0. The van der Waals surface area contributed by atoms with Crippen LogP contribution in [0.25, 0.3) is 0 Å². The van der Waals surface area contributed by atoms with Gasteiger partial charge >= 0.3 is 6.09 Å². The highest BCUT2D eigenvalue weighted by atomic mass is 16.6. The number of amides is 1. The van der Waals surface area contributed by atoms with E-state index in [2.05, 4.69) is 25.1 Å². The van der Waals surface area contributed by atoms with E-state index in [9.17, 15) is 4.79 Å². The van der Waals surface area contributed by atoms with Gasteiger partial charge in [-0.15, -0.1) is 0 Å². The number of ether oxygens (including phenoxy) is 1. The minimum atomic E-state index is -0.509. The predicted molar refractivity (Wildman–Crippen MR) is 92.8 cm³/mol. The first-order chi connectivity index (χ1) is 10.9. The molecule has 1 unspecified atom stereocenters. The Balaban J connectivity index is 2.03. The number of hydrogen-bond acceptors (Lipinski definition) is 2. The van der Waals surface area contributed by atoms with Gasteiger partial charge in [-0.25, -0.2) is 4.79 Å². The van der Waals surface area contributed by atoms with Crippen LogP contribution in [-0.2, 0) is 11.2 Å². The van der Waals surface area contributed by atoms with Crippen molar-refractivity contribution in [2.45, 2.75) is 45.8 Å². The zero-order valence-corrected chi connectivity index (χ0v) is 14.2. The molecule has 0 fully saturated rings. The highest BCUT2D eigenvalue weighted by Gasteiger charge is 2.37. The van der Waals surface area contributed by atoms with E-state index >= 15 is 0 Å². The van der Waals surface area contributed by atoms with Crippen LogP contribution in [0.15, 0.2) is 48.5 Å². The summed E-state index contributed by atoms with van der Waals surface area (Å²) in [4.78, 5) is 14.6. The van der Waals surface area contributed by atoms with E-state index in [0.29, 0.717) is 0 Å². The zero-order valence-electron chi connectivity index (χ0n) is 14.2. The van der Waals surface area contributed by atoms with Gasteiger partial charge < -0.3 is 4.74 Å². The molecule has 0 aliphatic carbocycles. The third-order valence-corrected chi connectivity index (χ3v) is 4.11. The van der Waals surface area contributed by atoms with Gasteiger partial charge in [-0.3, -0.25) is 4.90 Å². The van der Waals surface area contributed by atoms with Gasteiger partial charge in [0.1, 0.15) is 5.60 Å². The fourth-order valence-corrected chi connectivity index (χ4v) is 3.13. The molecule has 23 heavy (non-hydrogen) atoms. The summed E-state index contributed by atoms with van der Waals surface area (Å²) in [6, 6.07) is 16.3. The Morgan fingerprint density at radius 2 is 1.74 bits per heavy atom. The summed E-state index contributed by atoms with van der Waals surface area (Å²) in [7, 11) is 0. The molecule has 0 N–H and O–H groups in total. The van der Waals surface area contributed by atoms with Crippen molar-refractivity contribution in [3.05, 3.63) is 65.2 Å². The van der Waals surface area contributed by atoms with Crippen molar-refractivity contribution in [1.82, 2.24) is 0 Å². The number of nitrogens with zero attached hydrogens (tertiary/aromatic N) is 1. The molecule has 0 saturated carbocycles. The summed E-state index contributed by atoms with van der Waals surface area (Å²) in [6.07, 6.45) is 0.538. The second-order valence-corrected chi connectivity index (χ2v) is 7.06. The normalized spacial score (nSPS) is 17.0. The number of aryl methyl sites for hydroxylation is 1.